The molecule has 326 valence electrons. The number of aromatic nitrogens is 2. The van der Waals surface area contributed by atoms with Crippen molar-refractivity contribution in [1.29, 1.82) is 0 Å². The van der Waals surface area contributed by atoms with Gasteiger partial charge in [0.15, 0.2) is 11.2 Å². The molecule has 0 spiro atoms. The number of para-hydroxylation sites is 6. The van der Waals surface area contributed by atoms with Crippen molar-refractivity contribution in [2.45, 2.75) is 0 Å². The molecule has 0 unspecified atom stereocenters. The molecular weight excluding hydrogens is 861 g/mol. The Morgan fingerprint density at radius 2 is 0.643 bits per heavy atom. The molecule has 0 saturated carbocycles. The van der Waals surface area contributed by atoms with Crippen molar-refractivity contribution in [2.24, 2.45) is 0 Å². The second kappa shape index (κ2) is 14.0. The van der Waals surface area contributed by atoms with Crippen LogP contribution in [0.15, 0.2) is 236 Å². The van der Waals surface area contributed by atoms with Gasteiger partial charge in [-0.1, -0.05) is 170 Å². The number of nitrogens with zero attached hydrogens (tertiary/aromatic N) is 2. The largest absolute Gasteiger partial charge is 0.453 e. The van der Waals surface area contributed by atoms with E-state index in [-0.39, 0.29) is 0 Å². The predicted molar refractivity (Wildman–Crippen MR) is 286 cm³/mol. The molecule has 0 atom stereocenters. The van der Waals surface area contributed by atoms with E-state index < -0.39 is 0 Å². The Morgan fingerprint density at radius 1 is 0.257 bits per heavy atom. The lowest BCUT2D eigenvalue weighted by Crippen LogP contribution is -1.94. The minimum absolute atomic E-state index is 0.777. The third kappa shape index (κ3) is 5.11. The van der Waals surface area contributed by atoms with Crippen LogP contribution in [0, 0.1) is 0 Å². The van der Waals surface area contributed by atoms with Gasteiger partial charge in [0.2, 0.25) is 11.4 Å². The highest BCUT2D eigenvalue weighted by Gasteiger charge is 2.26. The number of rotatable bonds is 5. The molecule has 0 N–H and O–H groups in total. The van der Waals surface area contributed by atoms with Gasteiger partial charge in [-0.3, -0.25) is 9.13 Å². The Bertz CT molecular complexity index is 4520. The first-order valence-corrected chi connectivity index (χ1v) is 23.7. The molecular formula is C64H36N2O4. The van der Waals surface area contributed by atoms with Gasteiger partial charge in [-0.05, 0) is 70.8 Å². The van der Waals surface area contributed by atoms with Gasteiger partial charge < -0.3 is 17.7 Å². The normalized spacial score (nSPS) is 12.3. The fraction of sp³-hybridized carbons (Fsp3) is 0. The average molecular weight is 897 g/mol. The molecule has 0 amide bonds. The molecule has 70 heavy (non-hydrogen) atoms. The first-order valence-electron chi connectivity index (χ1n) is 23.7. The Balaban J connectivity index is 0.914. The molecule has 6 heteroatoms. The summed E-state index contributed by atoms with van der Waals surface area (Å²) in [6, 6.07) is 76.8. The summed E-state index contributed by atoms with van der Waals surface area (Å²) in [5, 5.41) is 10.7. The summed E-state index contributed by atoms with van der Waals surface area (Å²) < 4.78 is 32.1. The smallest absolute Gasteiger partial charge is 0.213 e. The number of furan rings is 4. The van der Waals surface area contributed by atoms with E-state index in [1.54, 1.807) is 0 Å². The van der Waals surface area contributed by atoms with E-state index in [0.717, 1.165) is 155 Å². The topological polar surface area (TPSA) is 62.4 Å². The van der Waals surface area contributed by atoms with Gasteiger partial charge in [-0.2, -0.15) is 0 Å². The van der Waals surface area contributed by atoms with Crippen LogP contribution >= 0.6 is 0 Å². The molecule has 6 nitrogen and oxygen atoms in total. The quantitative estimate of drug-likeness (QED) is 0.173. The first kappa shape index (κ1) is 37.6. The molecule has 6 heterocycles. The van der Waals surface area contributed by atoms with Crippen molar-refractivity contribution in [3.05, 3.63) is 218 Å². The fourth-order valence-electron chi connectivity index (χ4n) is 11.5. The summed E-state index contributed by atoms with van der Waals surface area (Å²) in [6.45, 7) is 0. The van der Waals surface area contributed by atoms with Crippen molar-refractivity contribution in [3.63, 3.8) is 0 Å². The SMILES string of the molecule is c1ccc(-c2cccc3c2oc2c(-n4c5ccc(-c6ccc7c(c6)c6c8ccccc8oc6n7-c6cccc7c6oc6c(-c8ccccc8)cccc67)cc5c5c6ccccc6oc54)cccc23)cc1. The van der Waals surface area contributed by atoms with Crippen molar-refractivity contribution < 1.29 is 17.7 Å². The maximum Gasteiger partial charge on any atom is 0.213 e. The minimum atomic E-state index is 0.777. The zero-order valence-electron chi connectivity index (χ0n) is 37.3. The molecule has 0 saturated heterocycles. The molecule has 0 bridgehead atoms. The third-order valence-electron chi connectivity index (χ3n) is 14.6. The fourth-order valence-corrected chi connectivity index (χ4v) is 11.5. The van der Waals surface area contributed by atoms with Gasteiger partial charge in [-0.15, -0.1) is 0 Å². The van der Waals surface area contributed by atoms with E-state index in [1.807, 2.05) is 24.3 Å². The van der Waals surface area contributed by atoms with Gasteiger partial charge in [-0.25, -0.2) is 0 Å². The predicted octanol–water partition coefficient (Wildman–Crippen LogP) is 18.2. The number of hydrogen-bond donors (Lipinski definition) is 0. The number of fused-ring (bicyclic) bond motifs is 16. The lowest BCUT2D eigenvalue weighted by atomic mass is 10.00. The van der Waals surface area contributed by atoms with Gasteiger partial charge in [0.25, 0.3) is 0 Å². The van der Waals surface area contributed by atoms with Gasteiger partial charge >= 0.3 is 0 Å². The molecule has 6 aromatic heterocycles. The van der Waals surface area contributed by atoms with Crippen LogP contribution in [-0.4, -0.2) is 9.13 Å². The van der Waals surface area contributed by atoms with Crippen LogP contribution in [0.3, 0.4) is 0 Å². The number of hydrogen-bond acceptors (Lipinski definition) is 4. The van der Waals surface area contributed by atoms with Crippen molar-refractivity contribution in [2.75, 3.05) is 0 Å². The van der Waals surface area contributed by atoms with Gasteiger partial charge in [0, 0.05) is 54.2 Å². The second-order valence-corrected chi connectivity index (χ2v) is 18.3. The number of benzene rings is 10. The van der Waals surface area contributed by atoms with Crippen LogP contribution in [0.1, 0.15) is 0 Å². The molecule has 10 aromatic carbocycles. The molecule has 0 fully saturated rings. The van der Waals surface area contributed by atoms with Crippen molar-refractivity contribution in [3.8, 4) is 44.8 Å². The summed E-state index contributed by atoms with van der Waals surface area (Å²) in [4.78, 5) is 0. The third-order valence-corrected chi connectivity index (χ3v) is 14.6. The summed E-state index contributed by atoms with van der Waals surface area (Å²) in [7, 11) is 0. The molecule has 0 aliphatic rings. The highest BCUT2D eigenvalue weighted by atomic mass is 16.4. The summed E-state index contributed by atoms with van der Waals surface area (Å²) in [5.41, 5.74) is 17.0. The van der Waals surface area contributed by atoms with Gasteiger partial charge in [0.05, 0.1) is 33.2 Å². The maximum absolute atomic E-state index is 6.98. The standard InChI is InChI=1S/C64H36N2O4/c1-3-15-37(16-4-1)41-21-11-23-43-45-25-13-27-53(61(45)69-59(41)43)65-51-33-31-39(35-49(51)57-47-19-7-9-29-55(47)67-63(57)65)40-32-34-52-50(36-40)58-48-20-8-10-30-56(48)68-64(58)66(52)54-28-14-26-46-44-24-12-22-42(60(44)70-62(46)54)38-17-5-2-6-18-38/h1-36H. The summed E-state index contributed by atoms with van der Waals surface area (Å²) in [5.74, 6) is 0. The van der Waals surface area contributed by atoms with Crippen LogP contribution in [0.5, 0.6) is 0 Å². The van der Waals surface area contributed by atoms with Crippen molar-refractivity contribution >= 4 is 110 Å². The highest BCUT2D eigenvalue weighted by molar-refractivity contribution is 6.24. The van der Waals surface area contributed by atoms with E-state index in [9.17, 15) is 0 Å². The summed E-state index contributed by atoms with van der Waals surface area (Å²) in [6.07, 6.45) is 0. The highest BCUT2D eigenvalue weighted by Crippen LogP contribution is 2.47. The summed E-state index contributed by atoms with van der Waals surface area (Å²) >= 11 is 0. The lowest BCUT2D eigenvalue weighted by molar-refractivity contribution is 0.639. The second-order valence-electron chi connectivity index (χ2n) is 18.3. The Morgan fingerprint density at radius 3 is 1.10 bits per heavy atom. The van der Waals surface area contributed by atoms with Crippen LogP contribution in [0.4, 0.5) is 0 Å². The maximum atomic E-state index is 6.98. The van der Waals surface area contributed by atoms with Crippen LogP contribution in [0.2, 0.25) is 0 Å². The molecule has 0 radical (unpaired) electrons. The molecule has 0 aliphatic heterocycles. The van der Waals surface area contributed by atoms with Crippen LogP contribution in [0.25, 0.3) is 155 Å². The van der Waals surface area contributed by atoms with E-state index in [1.165, 1.54) is 0 Å². The lowest BCUT2D eigenvalue weighted by Gasteiger charge is -2.09. The minimum Gasteiger partial charge on any atom is -0.453 e. The van der Waals surface area contributed by atoms with E-state index in [2.05, 4.69) is 203 Å². The van der Waals surface area contributed by atoms with Crippen LogP contribution in [-0.2, 0) is 0 Å². The Hall–Kier alpha value is -9.52. The monoisotopic (exact) mass is 896 g/mol. The zero-order chi connectivity index (χ0) is 45.6. The zero-order valence-corrected chi connectivity index (χ0v) is 37.3. The van der Waals surface area contributed by atoms with E-state index in [0.29, 0.717) is 0 Å². The van der Waals surface area contributed by atoms with E-state index >= 15 is 0 Å². The van der Waals surface area contributed by atoms with E-state index in [4.69, 9.17) is 17.7 Å². The van der Waals surface area contributed by atoms with Gasteiger partial charge in [0.1, 0.15) is 22.3 Å². The molecule has 16 aromatic rings. The molecule has 16 rings (SSSR count). The average Bonchev–Trinajstić information content (AvgIpc) is 4.27. The van der Waals surface area contributed by atoms with Crippen molar-refractivity contribution in [1.82, 2.24) is 9.13 Å². The Labute approximate surface area is 398 Å². The van der Waals surface area contributed by atoms with Crippen LogP contribution < -0.4 is 0 Å². The molecule has 0 aliphatic carbocycles. The Kier molecular flexibility index (Phi) is 7.52. The first-order chi connectivity index (χ1) is 34.7.